The fraction of sp³-hybridized carbons (Fsp3) is 0.440. The summed E-state index contributed by atoms with van der Waals surface area (Å²) in [4.78, 5) is 21.4. The van der Waals surface area contributed by atoms with Crippen LogP contribution in [-0.4, -0.2) is 59.7 Å². The first-order chi connectivity index (χ1) is 15.9. The SMILES string of the molecule is Cc1cc(F)c(NC(=O)N2CCCC2)cc1-c1cc(N2CCOCC2)c2nc(C)c(C)n2c1. The van der Waals surface area contributed by atoms with Crippen molar-refractivity contribution in [1.82, 2.24) is 14.3 Å². The van der Waals surface area contributed by atoms with E-state index in [4.69, 9.17) is 9.72 Å². The van der Waals surface area contributed by atoms with Crippen molar-refractivity contribution in [2.75, 3.05) is 49.6 Å². The first-order valence-electron chi connectivity index (χ1n) is 11.6. The van der Waals surface area contributed by atoms with Gasteiger partial charge in [-0.25, -0.2) is 14.2 Å². The van der Waals surface area contributed by atoms with E-state index in [1.54, 1.807) is 11.0 Å². The number of benzene rings is 1. The average molecular weight is 452 g/mol. The van der Waals surface area contributed by atoms with Gasteiger partial charge in [-0.2, -0.15) is 0 Å². The lowest BCUT2D eigenvalue weighted by Crippen LogP contribution is -2.36. The van der Waals surface area contributed by atoms with Crippen molar-refractivity contribution in [2.24, 2.45) is 0 Å². The van der Waals surface area contributed by atoms with Crippen LogP contribution in [0.15, 0.2) is 24.4 Å². The maximum atomic E-state index is 14.8. The average Bonchev–Trinajstić information content (AvgIpc) is 3.45. The molecule has 7 nitrogen and oxygen atoms in total. The van der Waals surface area contributed by atoms with Crippen LogP contribution < -0.4 is 10.2 Å². The van der Waals surface area contributed by atoms with Crippen LogP contribution in [0, 0.1) is 26.6 Å². The molecule has 0 radical (unpaired) electrons. The Bertz CT molecular complexity index is 1210. The minimum absolute atomic E-state index is 0.207. The van der Waals surface area contributed by atoms with Crippen LogP contribution in [0.4, 0.5) is 20.6 Å². The number of carbonyl (C=O) groups is 1. The van der Waals surface area contributed by atoms with E-state index < -0.39 is 5.82 Å². The molecule has 2 amide bonds. The highest BCUT2D eigenvalue weighted by atomic mass is 19.1. The number of rotatable bonds is 3. The summed E-state index contributed by atoms with van der Waals surface area (Å²) in [6.07, 6.45) is 4.03. The molecule has 2 aliphatic rings. The van der Waals surface area contributed by atoms with Crippen LogP contribution >= 0.6 is 0 Å². The van der Waals surface area contributed by atoms with Gasteiger partial charge in [0.05, 0.1) is 30.3 Å². The first kappa shape index (κ1) is 21.7. The second-order valence-corrected chi connectivity index (χ2v) is 8.96. The first-order valence-corrected chi connectivity index (χ1v) is 11.6. The molecule has 5 rings (SSSR count). The summed E-state index contributed by atoms with van der Waals surface area (Å²) in [6.45, 7) is 10.3. The number of imidazole rings is 1. The van der Waals surface area contributed by atoms with Crippen LogP contribution in [0.2, 0.25) is 0 Å². The minimum atomic E-state index is -0.423. The quantitative estimate of drug-likeness (QED) is 0.636. The van der Waals surface area contributed by atoms with Crippen LogP contribution in [0.1, 0.15) is 29.8 Å². The molecule has 2 saturated heterocycles. The number of amides is 2. The van der Waals surface area contributed by atoms with Crippen molar-refractivity contribution in [2.45, 2.75) is 33.6 Å². The van der Waals surface area contributed by atoms with Crippen molar-refractivity contribution in [1.29, 1.82) is 0 Å². The van der Waals surface area contributed by atoms with Crippen LogP contribution in [0.3, 0.4) is 0 Å². The van der Waals surface area contributed by atoms with E-state index in [9.17, 15) is 9.18 Å². The second kappa shape index (κ2) is 8.67. The number of pyridine rings is 1. The summed E-state index contributed by atoms with van der Waals surface area (Å²) in [5, 5.41) is 2.79. The molecule has 8 heteroatoms. The Hall–Kier alpha value is -3.13. The Morgan fingerprint density at radius 3 is 2.52 bits per heavy atom. The van der Waals surface area contributed by atoms with E-state index in [0.717, 1.165) is 65.3 Å². The summed E-state index contributed by atoms with van der Waals surface area (Å²) in [5.74, 6) is -0.423. The molecular weight excluding hydrogens is 421 g/mol. The van der Waals surface area contributed by atoms with E-state index in [1.807, 2.05) is 13.8 Å². The van der Waals surface area contributed by atoms with Crippen molar-refractivity contribution in [3.05, 3.63) is 47.2 Å². The summed E-state index contributed by atoms with van der Waals surface area (Å²) < 4.78 is 22.5. The molecule has 0 bridgehead atoms. The molecule has 2 aliphatic heterocycles. The second-order valence-electron chi connectivity index (χ2n) is 8.96. The van der Waals surface area contributed by atoms with Gasteiger partial charge in [0.2, 0.25) is 0 Å². The number of hydrogen-bond acceptors (Lipinski definition) is 4. The largest absolute Gasteiger partial charge is 0.378 e. The third-order valence-electron chi connectivity index (χ3n) is 6.79. The number of morpholine rings is 1. The molecule has 0 saturated carbocycles. The topological polar surface area (TPSA) is 62.1 Å². The number of carbonyl (C=O) groups excluding carboxylic acids is 1. The molecule has 0 spiro atoms. The fourth-order valence-corrected chi connectivity index (χ4v) is 4.73. The van der Waals surface area contributed by atoms with Gasteiger partial charge in [0.25, 0.3) is 0 Å². The van der Waals surface area contributed by atoms with Crippen LogP contribution in [0.5, 0.6) is 0 Å². The summed E-state index contributed by atoms with van der Waals surface area (Å²) in [5.41, 5.74) is 6.87. The fourth-order valence-electron chi connectivity index (χ4n) is 4.73. The smallest absolute Gasteiger partial charge is 0.321 e. The number of aryl methyl sites for hydroxylation is 3. The molecule has 1 N–H and O–H groups in total. The van der Waals surface area contributed by atoms with Gasteiger partial charge in [-0.05, 0) is 62.9 Å². The number of nitrogens with zero attached hydrogens (tertiary/aromatic N) is 4. The molecule has 3 aromatic rings. The number of urea groups is 1. The molecule has 174 valence electrons. The van der Waals surface area contributed by atoms with Crippen molar-refractivity contribution in [3.8, 4) is 11.1 Å². The highest BCUT2D eigenvalue weighted by Crippen LogP contribution is 2.34. The maximum Gasteiger partial charge on any atom is 0.321 e. The van der Waals surface area contributed by atoms with Gasteiger partial charge < -0.3 is 24.3 Å². The van der Waals surface area contributed by atoms with E-state index in [0.29, 0.717) is 26.3 Å². The number of anilines is 2. The number of nitrogens with one attached hydrogen (secondary N) is 1. The zero-order chi connectivity index (χ0) is 23.1. The van der Waals surface area contributed by atoms with Crippen molar-refractivity contribution >= 4 is 23.1 Å². The Morgan fingerprint density at radius 1 is 1.06 bits per heavy atom. The number of halogens is 1. The lowest BCUT2D eigenvalue weighted by atomic mass is 10.00. The molecule has 2 aromatic heterocycles. The van der Waals surface area contributed by atoms with Gasteiger partial charge in [-0.3, -0.25) is 0 Å². The van der Waals surface area contributed by atoms with Crippen LogP contribution in [0.25, 0.3) is 16.8 Å². The predicted octanol–water partition coefficient (Wildman–Crippen LogP) is 4.53. The molecular formula is C25H30FN5O2. The Balaban J connectivity index is 1.59. The maximum absolute atomic E-state index is 14.8. The van der Waals surface area contributed by atoms with E-state index in [1.165, 1.54) is 6.07 Å². The van der Waals surface area contributed by atoms with Gasteiger partial charge >= 0.3 is 6.03 Å². The molecule has 33 heavy (non-hydrogen) atoms. The Kier molecular flexibility index (Phi) is 5.70. The Labute approximate surface area is 193 Å². The van der Waals surface area contributed by atoms with Gasteiger partial charge in [0.1, 0.15) is 5.82 Å². The van der Waals surface area contributed by atoms with Crippen molar-refractivity contribution in [3.63, 3.8) is 0 Å². The summed E-state index contributed by atoms with van der Waals surface area (Å²) >= 11 is 0. The highest BCUT2D eigenvalue weighted by Gasteiger charge is 2.22. The molecule has 0 atom stereocenters. The number of fused-ring (bicyclic) bond motifs is 1. The predicted molar refractivity (Wildman–Crippen MR) is 128 cm³/mol. The zero-order valence-electron chi connectivity index (χ0n) is 19.4. The lowest BCUT2D eigenvalue weighted by Gasteiger charge is -2.29. The number of hydrogen-bond donors (Lipinski definition) is 1. The monoisotopic (exact) mass is 451 g/mol. The van der Waals surface area contributed by atoms with Crippen LogP contribution in [-0.2, 0) is 4.74 Å². The molecule has 0 unspecified atom stereocenters. The third-order valence-corrected chi connectivity index (χ3v) is 6.79. The zero-order valence-corrected chi connectivity index (χ0v) is 19.4. The molecule has 2 fully saturated rings. The van der Waals surface area contributed by atoms with Gasteiger partial charge in [-0.1, -0.05) is 0 Å². The number of aromatic nitrogens is 2. The van der Waals surface area contributed by atoms with E-state index >= 15 is 0 Å². The Morgan fingerprint density at radius 2 is 1.79 bits per heavy atom. The van der Waals surface area contributed by atoms with Gasteiger partial charge in [0, 0.05) is 43.6 Å². The lowest BCUT2D eigenvalue weighted by molar-refractivity contribution is 0.123. The molecule has 0 aliphatic carbocycles. The standard InChI is InChI=1S/C25H30FN5O2/c1-16-12-21(26)22(28-25(32)30-6-4-5-7-30)14-20(16)19-13-23(29-8-10-33-11-9-29)24-27-17(2)18(3)31(24)15-19/h12-15H,4-11H2,1-3H3,(H,28,32). The van der Waals surface area contributed by atoms with Gasteiger partial charge in [0.15, 0.2) is 5.65 Å². The van der Waals surface area contributed by atoms with E-state index in [2.05, 4.69) is 33.8 Å². The minimum Gasteiger partial charge on any atom is -0.378 e. The molecule has 4 heterocycles. The van der Waals surface area contributed by atoms with Crippen molar-refractivity contribution < 1.29 is 13.9 Å². The van der Waals surface area contributed by atoms with E-state index in [-0.39, 0.29) is 11.7 Å². The summed E-state index contributed by atoms with van der Waals surface area (Å²) in [7, 11) is 0. The number of likely N-dealkylation sites (tertiary alicyclic amines) is 1. The van der Waals surface area contributed by atoms with Gasteiger partial charge in [-0.15, -0.1) is 0 Å². The normalized spacial score (nSPS) is 16.6. The number of ether oxygens (including phenoxy) is 1. The third kappa shape index (κ3) is 4.04. The highest BCUT2D eigenvalue weighted by molar-refractivity contribution is 5.91. The summed E-state index contributed by atoms with van der Waals surface area (Å²) in [6, 6.07) is 5.13. The molecule has 1 aromatic carbocycles.